The van der Waals surface area contributed by atoms with Crippen molar-refractivity contribution in [2.24, 2.45) is 5.73 Å². The van der Waals surface area contributed by atoms with Gasteiger partial charge in [-0.15, -0.1) is 24.8 Å². The van der Waals surface area contributed by atoms with Gasteiger partial charge in [0.1, 0.15) is 5.54 Å². The third-order valence-electron chi connectivity index (χ3n) is 4.56. The number of rotatable bonds is 4. The Morgan fingerprint density at radius 2 is 1.77 bits per heavy atom. The summed E-state index contributed by atoms with van der Waals surface area (Å²) in [5, 5.41) is 3.12. The Kier molecular flexibility index (Phi) is 8.41. The van der Waals surface area contributed by atoms with Crippen LogP contribution in [0.25, 0.3) is 0 Å². The van der Waals surface area contributed by atoms with Crippen molar-refractivity contribution in [3.8, 4) is 0 Å². The number of nitrogens with zero attached hydrogens (tertiary/aromatic N) is 1. The minimum Gasteiger partial charge on any atom is -0.368 e. The molecule has 4 nitrogen and oxygen atoms in total. The zero-order valence-electron chi connectivity index (χ0n) is 14.5. The number of benzene rings is 2. The molecule has 0 radical (unpaired) electrons. The van der Waals surface area contributed by atoms with Crippen molar-refractivity contribution in [3.63, 3.8) is 0 Å². The van der Waals surface area contributed by atoms with E-state index < -0.39 is 5.54 Å². The predicted molar refractivity (Wildman–Crippen MR) is 115 cm³/mol. The standard InChI is InChI=1S/C19H22BrN3O.2ClH/c1-19(21,14-7-3-2-4-8-14)18(24)22-15-11-12-23(13-15)17-10-6-5-9-16(17)20;;/h2-10,15H,11-13,21H2,1H3,(H,22,24);2*1H. The molecule has 3 N–H and O–H groups in total. The second kappa shape index (κ2) is 9.60. The summed E-state index contributed by atoms with van der Waals surface area (Å²) in [5.74, 6) is -0.132. The molecule has 7 heteroatoms. The van der Waals surface area contributed by atoms with Crippen molar-refractivity contribution in [3.05, 3.63) is 64.6 Å². The van der Waals surface area contributed by atoms with E-state index in [1.54, 1.807) is 6.92 Å². The maximum absolute atomic E-state index is 12.7. The van der Waals surface area contributed by atoms with Crippen molar-refractivity contribution in [2.75, 3.05) is 18.0 Å². The average molecular weight is 461 g/mol. The Balaban J connectivity index is 0.00000169. The van der Waals surface area contributed by atoms with E-state index in [9.17, 15) is 4.79 Å². The number of amides is 1. The molecule has 1 saturated heterocycles. The molecule has 1 aliphatic heterocycles. The Morgan fingerprint density at radius 3 is 2.42 bits per heavy atom. The molecule has 1 aliphatic rings. The Labute approximate surface area is 175 Å². The molecule has 1 fully saturated rings. The zero-order chi connectivity index (χ0) is 17.2. The van der Waals surface area contributed by atoms with Gasteiger partial charge in [-0.2, -0.15) is 0 Å². The molecule has 142 valence electrons. The molecule has 0 bridgehead atoms. The number of nitrogens with one attached hydrogen (secondary N) is 1. The Hall–Kier alpha value is -1.27. The van der Waals surface area contributed by atoms with Crippen LogP contribution >= 0.6 is 40.7 Å². The van der Waals surface area contributed by atoms with E-state index >= 15 is 0 Å². The van der Waals surface area contributed by atoms with Crippen LogP contribution < -0.4 is 16.0 Å². The van der Waals surface area contributed by atoms with Gasteiger partial charge in [0.25, 0.3) is 0 Å². The summed E-state index contributed by atoms with van der Waals surface area (Å²) in [6.07, 6.45) is 0.915. The molecule has 26 heavy (non-hydrogen) atoms. The number of hydrogen-bond donors (Lipinski definition) is 2. The highest BCUT2D eigenvalue weighted by atomic mass is 79.9. The Morgan fingerprint density at radius 1 is 1.15 bits per heavy atom. The number of halogens is 3. The summed E-state index contributed by atoms with van der Waals surface area (Å²) in [6.45, 7) is 3.47. The van der Waals surface area contributed by atoms with E-state index in [1.807, 2.05) is 48.5 Å². The molecule has 1 heterocycles. The number of hydrogen-bond acceptors (Lipinski definition) is 3. The van der Waals surface area contributed by atoms with Gasteiger partial charge in [0.15, 0.2) is 0 Å². The number of nitrogens with two attached hydrogens (primary N) is 1. The summed E-state index contributed by atoms with van der Waals surface area (Å²) in [7, 11) is 0. The third-order valence-corrected chi connectivity index (χ3v) is 5.23. The fraction of sp³-hybridized carbons (Fsp3) is 0.316. The summed E-state index contributed by atoms with van der Waals surface area (Å²) >= 11 is 3.59. The molecule has 0 saturated carbocycles. The highest BCUT2D eigenvalue weighted by Gasteiger charge is 2.33. The molecule has 2 aromatic carbocycles. The van der Waals surface area contributed by atoms with E-state index in [0.717, 1.165) is 35.2 Å². The largest absolute Gasteiger partial charge is 0.368 e. The first-order valence-corrected chi connectivity index (χ1v) is 8.92. The smallest absolute Gasteiger partial charge is 0.244 e. The van der Waals surface area contributed by atoms with Gasteiger partial charge in [-0.25, -0.2) is 0 Å². The van der Waals surface area contributed by atoms with Crippen LogP contribution in [0, 0.1) is 0 Å². The van der Waals surface area contributed by atoms with Crippen LogP contribution in [0.5, 0.6) is 0 Å². The summed E-state index contributed by atoms with van der Waals surface area (Å²) < 4.78 is 1.07. The number of para-hydroxylation sites is 1. The van der Waals surface area contributed by atoms with Crippen molar-refractivity contribution in [2.45, 2.75) is 24.9 Å². The molecule has 2 unspecified atom stereocenters. The average Bonchev–Trinajstić information content (AvgIpc) is 3.04. The van der Waals surface area contributed by atoms with Crippen LogP contribution in [0.3, 0.4) is 0 Å². The van der Waals surface area contributed by atoms with Crippen LogP contribution in [0.15, 0.2) is 59.1 Å². The fourth-order valence-electron chi connectivity index (χ4n) is 3.06. The fourth-order valence-corrected chi connectivity index (χ4v) is 3.59. The van der Waals surface area contributed by atoms with Gasteiger partial charge in [0.05, 0.1) is 5.69 Å². The third kappa shape index (κ3) is 4.92. The first-order chi connectivity index (χ1) is 11.5. The summed E-state index contributed by atoms with van der Waals surface area (Å²) in [6, 6.07) is 17.8. The van der Waals surface area contributed by atoms with E-state index in [1.165, 1.54) is 0 Å². The van der Waals surface area contributed by atoms with Gasteiger partial charge in [-0.1, -0.05) is 42.5 Å². The molecule has 2 atom stereocenters. The van der Waals surface area contributed by atoms with Gasteiger partial charge in [0.2, 0.25) is 5.91 Å². The lowest BCUT2D eigenvalue weighted by molar-refractivity contribution is -0.126. The first kappa shape index (κ1) is 22.8. The van der Waals surface area contributed by atoms with Crippen molar-refractivity contribution in [1.29, 1.82) is 0 Å². The zero-order valence-corrected chi connectivity index (χ0v) is 17.7. The number of anilines is 1. The SMILES string of the molecule is CC(N)(C(=O)NC1CCN(c2ccccc2Br)C1)c1ccccc1.Cl.Cl. The van der Waals surface area contributed by atoms with Gasteiger partial charge >= 0.3 is 0 Å². The molecule has 2 aromatic rings. The second-order valence-electron chi connectivity index (χ2n) is 6.42. The van der Waals surface area contributed by atoms with Gasteiger partial charge < -0.3 is 16.0 Å². The van der Waals surface area contributed by atoms with Crippen LogP contribution in [0.2, 0.25) is 0 Å². The minimum absolute atomic E-state index is 0. The van der Waals surface area contributed by atoms with E-state index in [0.29, 0.717) is 0 Å². The van der Waals surface area contributed by atoms with Crippen molar-refractivity contribution < 1.29 is 4.79 Å². The highest BCUT2D eigenvalue weighted by Crippen LogP contribution is 2.29. The van der Waals surface area contributed by atoms with E-state index in [-0.39, 0.29) is 36.8 Å². The van der Waals surface area contributed by atoms with Crippen molar-refractivity contribution >= 4 is 52.3 Å². The van der Waals surface area contributed by atoms with Gasteiger partial charge in [0, 0.05) is 23.6 Å². The monoisotopic (exact) mass is 459 g/mol. The number of carbonyl (C=O) groups excluding carboxylic acids is 1. The Bertz CT molecular complexity index is 728. The lowest BCUT2D eigenvalue weighted by Gasteiger charge is -2.26. The normalized spacial score (nSPS) is 18.3. The number of carbonyl (C=O) groups is 1. The molecular formula is C19H24BrCl2N3O. The molecular weight excluding hydrogens is 437 g/mol. The quantitative estimate of drug-likeness (QED) is 0.728. The molecule has 3 rings (SSSR count). The molecule has 1 amide bonds. The lowest BCUT2D eigenvalue weighted by atomic mass is 9.92. The summed E-state index contributed by atoms with van der Waals surface area (Å²) in [5.41, 5.74) is 7.25. The van der Waals surface area contributed by atoms with E-state index in [4.69, 9.17) is 5.73 Å². The van der Waals surface area contributed by atoms with Crippen LogP contribution in [-0.4, -0.2) is 25.0 Å². The molecule has 0 aromatic heterocycles. The van der Waals surface area contributed by atoms with Crippen molar-refractivity contribution in [1.82, 2.24) is 5.32 Å². The minimum atomic E-state index is -1.03. The first-order valence-electron chi connectivity index (χ1n) is 8.13. The van der Waals surface area contributed by atoms with E-state index in [2.05, 4.69) is 32.2 Å². The maximum Gasteiger partial charge on any atom is 0.244 e. The van der Waals surface area contributed by atoms with Crippen LogP contribution in [0.4, 0.5) is 5.69 Å². The predicted octanol–water partition coefficient (Wildman–Crippen LogP) is 3.86. The van der Waals surface area contributed by atoms with Crippen LogP contribution in [0.1, 0.15) is 18.9 Å². The molecule has 0 spiro atoms. The molecule has 0 aliphatic carbocycles. The lowest BCUT2D eigenvalue weighted by Crippen LogP contribution is -2.52. The van der Waals surface area contributed by atoms with Crippen LogP contribution in [-0.2, 0) is 10.3 Å². The topological polar surface area (TPSA) is 58.4 Å². The van der Waals surface area contributed by atoms with Gasteiger partial charge in [-0.05, 0) is 47.0 Å². The highest BCUT2D eigenvalue weighted by molar-refractivity contribution is 9.10. The van der Waals surface area contributed by atoms with Gasteiger partial charge in [-0.3, -0.25) is 4.79 Å². The maximum atomic E-state index is 12.7. The summed E-state index contributed by atoms with van der Waals surface area (Å²) in [4.78, 5) is 15.0. The second-order valence-corrected chi connectivity index (χ2v) is 7.28.